The minimum absolute atomic E-state index is 0.0706. The lowest BCUT2D eigenvalue weighted by atomic mass is 9.98. The number of Topliss-reactive ketones (excluding diaryl/α,β-unsaturated/α-hetero) is 1. The fourth-order valence-electron chi connectivity index (χ4n) is 4.11. The van der Waals surface area contributed by atoms with Crippen molar-refractivity contribution in [3.05, 3.63) is 89.5 Å². The molecule has 0 radical (unpaired) electrons. The monoisotopic (exact) mass is 472 g/mol. The smallest absolute Gasteiger partial charge is 0.407 e. The van der Waals surface area contributed by atoms with Crippen LogP contribution in [0.2, 0.25) is 0 Å². The van der Waals surface area contributed by atoms with E-state index in [-0.39, 0.29) is 37.7 Å². The summed E-state index contributed by atoms with van der Waals surface area (Å²) < 4.78 is 5.41. The van der Waals surface area contributed by atoms with E-state index in [0.717, 1.165) is 22.3 Å². The highest BCUT2D eigenvalue weighted by molar-refractivity contribution is 5.98. The van der Waals surface area contributed by atoms with Crippen LogP contribution >= 0.6 is 0 Å². The number of nitrogens with one attached hydrogen (secondary N) is 2. The predicted octanol–water partition coefficient (Wildman–Crippen LogP) is 4.21. The minimum atomic E-state index is -1.04. The van der Waals surface area contributed by atoms with E-state index in [1.807, 2.05) is 36.4 Å². The van der Waals surface area contributed by atoms with Gasteiger partial charge in [0.25, 0.3) is 0 Å². The van der Waals surface area contributed by atoms with Crippen molar-refractivity contribution in [2.45, 2.75) is 18.8 Å². The molecule has 0 atom stereocenters. The molecule has 3 aromatic rings. The molecule has 0 spiro atoms. The average Bonchev–Trinajstić information content (AvgIpc) is 3.19. The summed E-state index contributed by atoms with van der Waals surface area (Å²) in [6.45, 7) is -0.130. The third-order valence-electron chi connectivity index (χ3n) is 5.79. The zero-order chi connectivity index (χ0) is 24.8. The number of carbonyl (C=O) groups excluding carboxylic acids is 3. The fourth-order valence-corrected chi connectivity index (χ4v) is 4.11. The first-order valence-electron chi connectivity index (χ1n) is 11.2. The number of amides is 2. The number of carboxylic acids is 1. The zero-order valence-electron chi connectivity index (χ0n) is 18.8. The Kier molecular flexibility index (Phi) is 7.21. The van der Waals surface area contributed by atoms with Gasteiger partial charge in [0, 0.05) is 23.6 Å². The van der Waals surface area contributed by atoms with Crippen molar-refractivity contribution in [2.75, 3.05) is 18.5 Å². The summed E-state index contributed by atoms with van der Waals surface area (Å²) in [5.41, 5.74) is 5.27. The number of hydrogen-bond donors (Lipinski definition) is 3. The standard InChI is InChI=1S/C27H24N2O6/c30-24(13-14-26(32)33)17-9-11-18(12-10-17)29-25(31)15-28-27(34)35-16-23-21-7-3-1-5-19(21)20-6-2-4-8-22(20)23/h1-12,23H,13-16H2,(H,28,34)(H,29,31)(H,32,33). The molecule has 0 saturated carbocycles. The Labute approximate surface area is 201 Å². The molecule has 1 aliphatic carbocycles. The third kappa shape index (κ3) is 5.73. The van der Waals surface area contributed by atoms with E-state index >= 15 is 0 Å². The maximum Gasteiger partial charge on any atom is 0.407 e. The second-order valence-electron chi connectivity index (χ2n) is 8.12. The number of ether oxygens (including phenoxy) is 1. The predicted molar refractivity (Wildman–Crippen MR) is 129 cm³/mol. The van der Waals surface area contributed by atoms with Crippen LogP contribution in [0.5, 0.6) is 0 Å². The van der Waals surface area contributed by atoms with E-state index in [1.165, 1.54) is 12.1 Å². The van der Waals surface area contributed by atoms with Gasteiger partial charge in [-0.3, -0.25) is 14.4 Å². The van der Waals surface area contributed by atoms with Crippen LogP contribution < -0.4 is 10.6 Å². The maximum absolute atomic E-state index is 12.2. The molecule has 4 rings (SSSR count). The molecule has 0 saturated heterocycles. The van der Waals surface area contributed by atoms with Crippen molar-refractivity contribution in [1.29, 1.82) is 0 Å². The molecule has 0 aliphatic heterocycles. The quantitative estimate of drug-likeness (QED) is 0.401. The molecular formula is C27H24N2O6. The topological polar surface area (TPSA) is 122 Å². The summed E-state index contributed by atoms with van der Waals surface area (Å²) in [6.07, 6.45) is -1.02. The van der Waals surface area contributed by atoms with Crippen LogP contribution in [0.25, 0.3) is 11.1 Å². The van der Waals surface area contributed by atoms with Crippen LogP contribution in [-0.4, -0.2) is 42.0 Å². The Morgan fingerprint density at radius 1 is 0.800 bits per heavy atom. The first-order chi connectivity index (χ1) is 16.9. The molecule has 0 unspecified atom stereocenters. The van der Waals surface area contributed by atoms with E-state index < -0.39 is 18.0 Å². The van der Waals surface area contributed by atoms with E-state index in [0.29, 0.717) is 11.3 Å². The van der Waals surface area contributed by atoms with Gasteiger partial charge in [-0.2, -0.15) is 0 Å². The van der Waals surface area contributed by atoms with Crippen LogP contribution in [0.15, 0.2) is 72.8 Å². The van der Waals surface area contributed by atoms with Crippen molar-refractivity contribution in [1.82, 2.24) is 5.32 Å². The number of ketones is 1. The molecule has 8 heteroatoms. The Balaban J connectivity index is 1.25. The molecule has 8 nitrogen and oxygen atoms in total. The van der Waals surface area contributed by atoms with E-state index in [2.05, 4.69) is 22.8 Å². The first kappa shape index (κ1) is 23.7. The van der Waals surface area contributed by atoms with Crippen molar-refractivity contribution in [3.63, 3.8) is 0 Å². The molecule has 0 fully saturated rings. The molecule has 2 amide bonds. The molecule has 35 heavy (non-hydrogen) atoms. The van der Waals surface area contributed by atoms with Crippen LogP contribution in [0, 0.1) is 0 Å². The molecule has 0 bridgehead atoms. The van der Waals surface area contributed by atoms with Crippen LogP contribution in [-0.2, 0) is 14.3 Å². The highest BCUT2D eigenvalue weighted by atomic mass is 16.5. The van der Waals surface area contributed by atoms with Gasteiger partial charge in [-0.15, -0.1) is 0 Å². The summed E-state index contributed by atoms with van der Waals surface area (Å²) >= 11 is 0. The number of carboxylic acid groups (broad SMARTS) is 1. The van der Waals surface area contributed by atoms with Gasteiger partial charge in [0.1, 0.15) is 13.2 Å². The molecule has 3 N–H and O–H groups in total. The van der Waals surface area contributed by atoms with Crippen LogP contribution in [0.3, 0.4) is 0 Å². The third-order valence-corrected chi connectivity index (χ3v) is 5.79. The number of anilines is 1. The highest BCUT2D eigenvalue weighted by Crippen LogP contribution is 2.44. The van der Waals surface area contributed by atoms with Gasteiger partial charge in [-0.05, 0) is 46.5 Å². The second-order valence-corrected chi connectivity index (χ2v) is 8.12. The zero-order valence-corrected chi connectivity index (χ0v) is 18.8. The Morgan fingerprint density at radius 2 is 1.40 bits per heavy atom. The molecule has 0 heterocycles. The second kappa shape index (κ2) is 10.6. The number of carbonyl (C=O) groups is 4. The van der Waals surface area contributed by atoms with Crippen molar-refractivity contribution in [2.24, 2.45) is 0 Å². The van der Waals surface area contributed by atoms with Gasteiger partial charge in [-0.25, -0.2) is 4.79 Å². The minimum Gasteiger partial charge on any atom is -0.481 e. The van der Waals surface area contributed by atoms with E-state index in [1.54, 1.807) is 12.1 Å². The average molecular weight is 472 g/mol. The summed E-state index contributed by atoms with van der Waals surface area (Å²) in [4.78, 5) is 46.9. The summed E-state index contributed by atoms with van der Waals surface area (Å²) in [5.74, 6) is -1.85. The number of aliphatic carboxylic acids is 1. The normalized spacial score (nSPS) is 11.8. The summed E-state index contributed by atoms with van der Waals surface area (Å²) in [5, 5.41) is 13.7. The lowest BCUT2D eigenvalue weighted by Gasteiger charge is -2.14. The summed E-state index contributed by atoms with van der Waals surface area (Å²) in [6, 6.07) is 22.1. The Morgan fingerprint density at radius 3 is 2.00 bits per heavy atom. The van der Waals surface area contributed by atoms with Gasteiger partial charge in [-0.1, -0.05) is 48.5 Å². The number of alkyl carbamates (subject to hydrolysis) is 1. The fraction of sp³-hybridized carbons (Fsp3) is 0.185. The molecular weight excluding hydrogens is 448 g/mol. The Hall–Kier alpha value is -4.46. The van der Waals surface area contributed by atoms with Crippen LogP contribution in [0.1, 0.15) is 40.2 Å². The number of hydrogen-bond acceptors (Lipinski definition) is 5. The lowest BCUT2D eigenvalue weighted by Crippen LogP contribution is -2.33. The van der Waals surface area contributed by atoms with Crippen molar-refractivity contribution in [3.8, 4) is 11.1 Å². The first-order valence-corrected chi connectivity index (χ1v) is 11.2. The maximum atomic E-state index is 12.2. The van der Waals surface area contributed by atoms with Crippen molar-refractivity contribution < 1.29 is 29.0 Å². The van der Waals surface area contributed by atoms with Crippen molar-refractivity contribution >= 4 is 29.4 Å². The van der Waals surface area contributed by atoms with Gasteiger partial charge in [0.2, 0.25) is 5.91 Å². The van der Waals surface area contributed by atoms with Gasteiger partial charge in [0.15, 0.2) is 5.78 Å². The molecule has 0 aromatic heterocycles. The molecule has 178 valence electrons. The number of benzene rings is 3. The summed E-state index contributed by atoms with van der Waals surface area (Å²) in [7, 11) is 0. The molecule has 1 aliphatic rings. The number of rotatable bonds is 9. The Bertz CT molecular complexity index is 1220. The van der Waals surface area contributed by atoms with Crippen LogP contribution in [0.4, 0.5) is 10.5 Å². The lowest BCUT2D eigenvalue weighted by molar-refractivity contribution is -0.137. The van der Waals surface area contributed by atoms with Gasteiger partial charge < -0.3 is 20.5 Å². The van der Waals surface area contributed by atoms with E-state index in [9.17, 15) is 19.2 Å². The van der Waals surface area contributed by atoms with Gasteiger partial charge >= 0.3 is 12.1 Å². The highest BCUT2D eigenvalue weighted by Gasteiger charge is 2.29. The van der Waals surface area contributed by atoms with Gasteiger partial charge in [0.05, 0.1) is 6.42 Å². The largest absolute Gasteiger partial charge is 0.481 e. The SMILES string of the molecule is O=C(O)CCC(=O)c1ccc(NC(=O)CNC(=O)OCC2c3ccccc3-c3ccccc32)cc1. The number of fused-ring (bicyclic) bond motifs is 3. The van der Waals surface area contributed by atoms with E-state index in [4.69, 9.17) is 9.84 Å². The molecule has 3 aromatic carbocycles.